The summed E-state index contributed by atoms with van der Waals surface area (Å²) < 4.78 is 0. The lowest BCUT2D eigenvalue weighted by Crippen LogP contribution is -2.24. The fourth-order valence-corrected chi connectivity index (χ4v) is 1.27. The molecule has 1 aromatic rings. The second-order valence-corrected chi connectivity index (χ2v) is 3.19. The van der Waals surface area contributed by atoms with E-state index in [-0.39, 0.29) is 0 Å². The van der Waals surface area contributed by atoms with E-state index in [2.05, 4.69) is 12.6 Å². The molecule has 1 aromatic carbocycles. The van der Waals surface area contributed by atoms with Crippen LogP contribution in [-0.4, -0.2) is 22.3 Å². The molecular formula is C9H10O3S. The van der Waals surface area contributed by atoms with Crippen LogP contribution < -0.4 is 0 Å². The Bertz CT molecular complexity index is 286. The first-order chi connectivity index (χ1) is 6.13. The topological polar surface area (TPSA) is 57.5 Å². The van der Waals surface area contributed by atoms with E-state index in [4.69, 9.17) is 5.11 Å². The van der Waals surface area contributed by atoms with Crippen molar-refractivity contribution in [2.24, 2.45) is 0 Å². The van der Waals surface area contributed by atoms with Gasteiger partial charge < -0.3 is 10.2 Å². The molecule has 1 rings (SSSR count). The van der Waals surface area contributed by atoms with E-state index < -0.39 is 17.3 Å². The van der Waals surface area contributed by atoms with E-state index in [0.29, 0.717) is 5.56 Å². The number of aliphatic carboxylic acids is 1. The van der Waals surface area contributed by atoms with Crippen LogP contribution in [0, 0.1) is 0 Å². The lowest BCUT2D eigenvalue weighted by Gasteiger charge is -2.13. The van der Waals surface area contributed by atoms with Crippen molar-refractivity contribution in [1.82, 2.24) is 0 Å². The summed E-state index contributed by atoms with van der Waals surface area (Å²) in [5.41, 5.74) is 0.695. The second kappa shape index (κ2) is 4.30. The zero-order chi connectivity index (χ0) is 9.84. The number of thiol groups is 1. The number of benzene rings is 1. The van der Waals surface area contributed by atoms with Gasteiger partial charge in [-0.1, -0.05) is 30.3 Å². The smallest absolute Gasteiger partial charge is 0.334 e. The van der Waals surface area contributed by atoms with Gasteiger partial charge in [0.15, 0.2) is 6.10 Å². The number of carboxylic acids is 1. The molecule has 0 saturated heterocycles. The molecule has 3 nitrogen and oxygen atoms in total. The van der Waals surface area contributed by atoms with Crippen LogP contribution in [-0.2, 0) is 4.79 Å². The van der Waals surface area contributed by atoms with Gasteiger partial charge in [-0.2, -0.15) is 12.6 Å². The number of rotatable bonds is 3. The van der Waals surface area contributed by atoms with Crippen molar-refractivity contribution in [3.63, 3.8) is 0 Å². The fourth-order valence-electron chi connectivity index (χ4n) is 0.968. The van der Waals surface area contributed by atoms with E-state index >= 15 is 0 Å². The van der Waals surface area contributed by atoms with E-state index in [0.717, 1.165) is 0 Å². The number of hydrogen-bond donors (Lipinski definition) is 3. The summed E-state index contributed by atoms with van der Waals surface area (Å²) in [4.78, 5) is 10.4. The Morgan fingerprint density at radius 1 is 1.31 bits per heavy atom. The van der Waals surface area contributed by atoms with Gasteiger partial charge in [-0.15, -0.1) is 0 Å². The zero-order valence-corrected chi connectivity index (χ0v) is 7.69. The Morgan fingerprint density at radius 3 is 2.31 bits per heavy atom. The van der Waals surface area contributed by atoms with Crippen molar-refractivity contribution in [1.29, 1.82) is 0 Å². The van der Waals surface area contributed by atoms with Crippen molar-refractivity contribution < 1.29 is 15.0 Å². The van der Waals surface area contributed by atoms with Crippen molar-refractivity contribution >= 4 is 18.6 Å². The maximum absolute atomic E-state index is 10.4. The first-order valence-electron chi connectivity index (χ1n) is 3.77. The van der Waals surface area contributed by atoms with Crippen LogP contribution >= 0.6 is 12.6 Å². The van der Waals surface area contributed by atoms with Gasteiger partial charge in [-0.25, -0.2) is 4.79 Å². The monoisotopic (exact) mass is 198 g/mol. The van der Waals surface area contributed by atoms with E-state index in [1.165, 1.54) is 0 Å². The predicted molar refractivity (Wildman–Crippen MR) is 51.8 cm³/mol. The van der Waals surface area contributed by atoms with Gasteiger partial charge >= 0.3 is 5.97 Å². The summed E-state index contributed by atoms with van der Waals surface area (Å²) in [5, 5.41) is 17.0. The molecule has 0 aliphatic carbocycles. The average molecular weight is 198 g/mol. The highest BCUT2D eigenvalue weighted by Crippen LogP contribution is 2.23. The minimum absolute atomic E-state index is 0.682. The normalized spacial score (nSPS) is 14.9. The molecule has 0 heterocycles. The number of hydrogen-bond acceptors (Lipinski definition) is 3. The molecule has 0 radical (unpaired) electrons. The third kappa shape index (κ3) is 2.47. The SMILES string of the molecule is O=C(O)C(O)C(S)c1ccccc1. The van der Waals surface area contributed by atoms with Crippen LogP contribution in [0.1, 0.15) is 10.8 Å². The Hall–Kier alpha value is -1.00. The van der Waals surface area contributed by atoms with Crippen LogP contribution in [0.4, 0.5) is 0 Å². The second-order valence-electron chi connectivity index (χ2n) is 2.64. The number of aliphatic hydroxyl groups is 1. The van der Waals surface area contributed by atoms with Gasteiger partial charge in [0.25, 0.3) is 0 Å². The lowest BCUT2D eigenvalue weighted by molar-refractivity contribution is -0.146. The van der Waals surface area contributed by atoms with E-state index in [1.807, 2.05) is 6.07 Å². The lowest BCUT2D eigenvalue weighted by atomic mass is 10.1. The van der Waals surface area contributed by atoms with Gasteiger partial charge in [0.1, 0.15) is 0 Å². The molecule has 0 amide bonds. The Balaban J connectivity index is 2.79. The van der Waals surface area contributed by atoms with Gasteiger partial charge in [-0.3, -0.25) is 0 Å². The maximum atomic E-state index is 10.4. The highest BCUT2D eigenvalue weighted by Gasteiger charge is 2.23. The van der Waals surface area contributed by atoms with Gasteiger partial charge in [0.05, 0.1) is 5.25 Å². The third-order valence-corrected chi connectivity index (χ3v) is 2.27. The molecule has 13 heavy (non-hydrogen) atoms. The summed E-state index contributed by atoms with van der Waals surface area (Å²) in [5.74, 6) is -1.26. The summed E-state index contributed by atoms with van der Waals surface area (Å²) in [6, 6.07) is 8.81. The summed E-state index contributed by atoms with van der Waals surface area (Å²) >= 11 is 4.02. The van der Waals surface area contributed by atoms with E-state index in [1.54, 1.807) is 24.3 Å². The van der Waals surface area contributed by atoms with Crippen molar-refractivity contribution in [2.75, 3.05) is 0 Å². The predicted octanol–water partition coefficient (Wildman–Crippen LogP) is 1.10. The number of aliphatic hydroxyl groups excluding tert-OH is 1. The van der Waals surface area contributed by atoms with Crippen LogP contribution in [0.15, 0.2) is 30.3 Å². The highest BCUT2D eigenvalue weighted by atomic mass is 32.1. The van der Waals surface area contributed by atoms with Crippen LogP contribution in [0.25, 0.3) is 0 Å². The zero-order valence-electron chi connectivity index (χ0n) is 6.79. The molecule has 0 aromatic heterocycles. The van der Waals surface area contributed by atoms with Crippen molar-refractivity contribution in [2.45, 2.75) is 11.4 Å². The number of carbonyl (C=O) groups is 1. The van der Waals surface area contributed by atoms with Crippen molar-refractivity contribution in [3.8, 4) is 0 Å². The van der Waals surface area contributed by atoms with Crippen LogP contribution in [0.5, 0.6) is 0 Å². The van der Waals surface area contributed by atoms with E-state index in [9.17, 15) is 9.90 Å². The summed E-state index contributed by atoms with van der Waals surface area (Å²) in [6.07, 6.45) is -1.47. The van der Waals surface area contributed by atoms with Crippen LogP contribution in [0.3, 0.4) is 0 Å². The molecule has 0 saturated carbocycles. The highest BCUT2D eigenvalue weighted by molar-refractivity contribution is 7.80. The first kappa shape index (κ1) is 10.1. The molecule has 70 valence electrons. The molecule has 0 spiro atoms. The van der Waals surface area contributed by atoms with Gasteiger partial charge in [0.2, 0.25) is 0 Å². The standard InChI is InChI=1S/C9H10O3S/c10-7(9(11)12)8(13)6-4-2-1-3-5-6/h1-5,7-8,10,13H,(H,11,12). The minimum atomic E-state index is -1.47. The molecular weight excluding hydrogens is 188 g/mol. The average Bonchev–Trinajstić information content (AvgIpc) is 2.17. The first-order valence-corrected chi connectivity index (χ1v) is 4.28. The maximum Gasteiger partial charge on any atom is 0.334 e. The molecule has 2 atom stereocenters. The summed E-state index contributed by atoms with van der Waals surface area (Å²) in [7, 11) is 0. The Morgan fingerprint density at radius 2 is 1.85 bits per heavy atom. The van der Waals surface area contributed by atoms with Gasteiger partial charge in [0, 0.05) is 0 Å². The third-order valence-electron chi connectivity index (χ3n) is 1.69. The van der Waals surface area contributed by atoms with Crippen molar-refractivity contribution in [3.05, 3.63) is 35.9 Å². The summed E-state index contributed by atoms with van der Waals surface area (Å²) in [6.45, 7) is 0. The molecule has 2 N–H and O–H groups in total. The molecule has 2 unspecified atom stereocenters. The molecule has 0 aliphatic heterocycles. The molecule has 0 bridgehead atoms. The Labute approximate surface area is 81.4 Å². The minimum Gasteiger partial charge on any atom is -0.479 e. The molecule has 0 aliphatic rings. The fraction of sp³-hybridized carbons (Fsp3) is 0.222. The van der Waals surface area contributed by atoms with Gasteiger partial charge in [-0.05, 0) is 5.56 Å². The quantitative estimate of drug-likeness (QED) is 0.637. The largest absolute Gasteiger partial charge is 0.479 e. The number of carboxylic acid groups (broad SMARTS) is 1. The van der Waals surface area contributed by atoms with Crippen LogP contribution in [0.2, 0.25) is 0 Å². The Kier molecular flexibility index (Phi) is 3.33. The molecule has 4 heteroatoms. The molecule has 0 fully saturated rings.